The Hall–Kier alpha value is -3.07. The average molecular weight is 311 g/mol. The fourth-order valence-electron chi connectivity index (χ4n) is 2.08. The first kappa shape index (κ1) is 16.3. The minimum absolute atomic E-state index is 0.0881. The topological polar surface area (TPSA) is 88.2 Å². The molecule has 2 aromatic carbocycles. The highest BCUT2D eigenvalue weighted by atomic mass is 16.6. The van der Waals surface area contributed by atoms with E-state index >= 15 is 0 Å². The van der Waals surface area contributed by atoms with Crippen LogP contribution in [0.5, 0.6) is 5.75 Å². The fourth-order valence-corrected chi connectivity index (χ4v) is 2.08. The van der Waals surface area contributed by atoms with Crippen molar-refractivity contribution >= 4 is 11.4 Å². The number of benzene rings is 2. The number of hydrogen-bond donors (Lipinski definition) is 1. The molecule has 6 heteroatoms. The van der Waals surface area contributed by atoms with Gasteiger partial charge in [-0.05, 0) is 37.1 Å². The maximum atomic E-state index is 10.7. The summed E-state index contributed by atoms with van der Waals surface area (Å²) in [5.74, 6) is 0.832. The molecule has 0 aliphatic rings. The molecular formula is C17H17N3O3. The highest BCUT2D eigenvalue weighted by molar-refractivity contribution is 5.61. The zero-order chi connectivity index (χ0) is 16.7. The Morgan fingerprint density at radius 3 is 2.83 bits per heavy atom. The third-order valence-corrected chi connectivity index (χ3v) is 3.23. The van der Waals surface area contributed by atoms with Crippen molar-refractivity contribution in [2.45, 2.75) is 13.3 Å². The number of non-ortho nitro benzene ring substituents is 1. The molecule has 0 unspecified atom stereocenters. The number of hydrogen-bond acceptors (Lipinski definition) is 5. The average Bonchev–Trinajstić information content (AvgIpc) is 2.54. The highest BCUT2D eigenvalue weighted by Crippen LogP contribution is 2.21. The normalized spacial score (nSPS) is 9.91. The Morgan fingerprint density at radius 1 is 1.30 bits per heavy atom. The van der Waals surface area contributed by atoms with Gasteiger partial charge in [0.25, 0.3) is 5.69 Å². The van der Waals surface area contributed by atoms with Crippen LogP contribution in [0.1, 0.15) is 17.5 Å². The van der Waals surface area contributed by atoms with Gasteiger partial charge in [-0.3, -0.25) is 10.1 Å². The van der Waals surface area contributed by atoms with Crippen LogP contribution in [0.25, 0.3) is 0 Å². The summed E-state index contributed by atoms with van der Waals surface area (Å²) in [6.07, 6.45) is 0.746. The van der Waals surface area contributed by atoms with Gasteiger partial charge in [-0.2, -0.15) is 5.26 Å². The van der Waals surface area contributed by atoms with E-state index in [-0.39, 0.29) is 11.3 Å². The van der Waals surface area contributed by atoms with Crippen molar-refractivity contribution in [2.24, 2.45) is 0 Å². The molecule has 1 N–H and O–H groups in total. The van der Waals surface area contributed by atoms with Crippen LogP contribution in [0.3, 0.4) is 0 Å². The van der Waals surface area contributed by atoms with Crippen LogP contribution < -0.4 is 10.1 Å². The lowest BCUT2D eigenvalue weighted by Crippen LogP contribution is -2.08. The molecule has 0 aliphatic carbocycles. The van der Waals surface area contributed by atoms with Gasteiger partial charge in [0.1, 0.15) is 11.8 Å². The first-order valence-electron chi connectivity index (χ1n) is 7.22. The maximum absolute atomic E-state index is 10.7. The summed E-state index contributed by atoms with van der Waals surface area (Å²) >= 11 is 0. The number of aryl methyl sites for hydroxylation is 1. The smallest absolute Gasteiger partial charge is 0.270 e. The molecule has 118 valence electrons. The van der Waals surface area contributed by atoms with Crippen molar-refractivity contribution in [1.82, 2.24) is 0 Å². The number of nitriles is 1. The summed E-state index contributed by atoms with van der Waals surface area (Å²) in [7, 11) is 0. The van der Waals surface area contributed by atoms with Gasteiger partial charge in [-0.15, -0.1) is 0 Å². The third kappa shape index (κ3) is 4.71. The van der Waals surface area contributed by atoms with Crippen LogP contribution in [0.4, 0.5) is 11.4 Å². The molecule has 2 aromatic rings. The number of nitro benzene ring substituents is 1. The van der Waals surface area contributed by atoms with Crippen LogP contribution in [0.2, 0.25) is 0 Å². The SMILES string of the molecule is Cc1cccc(OCCCNc2ccc([N+](=O)[O-])cc2C#N)c1. The molecule has 0 saturated heterocycles. The van der Waals surface area contributed by atoms with Crippen molar-refractivity contribution in [3.63, 3.8) is 0 Å². The summed E-state index contributed by atoms with van der Waals surface area (Å²) in [6.45, 7) is 3.16. The zero-order valence-electron chi connectivity index (χ0n) is 12.8. The summed E-state index contributed by atoms with van der Waals surface area (Å²) in [5, 5.41) is 22.9. The lowest BCUT2D eigenvalue weighted by Gasteiger charge is -2.09. The summed E-state index contributed by atoms with van der Waals surface area (Å²) in [4.78, 5) is 10.2. The minimum atomic E-state index is -0.514. The molecule has 0 spiro atoms. The van der Waals surface area contributed by atoms with Crippen molar-refractivity contribution in [1.29, 1.82) is 5.26 Å². The van der Waals surface area contributed by atoms with Gasteiger partial charge in [-0.25, -0.2) is 0 Å². The number of nitrogens with zero attached hydrogens (tertiary/aromatic N) is 2. The predicted molar refractivity (Wildman–Crippen MR) is 87.6 cm³/mol. The minimum Gasteiger partial charge on any atom is -0.494 e. The fraction of sp³-hybridized carbons (Fsp3) is 0.235. The van der Waals surface area contributed by atoms with Gasteiger partial charge in [0.05, 0.1) is 22.8 Å². The Labute approximate surface area is 134 Å². The molecule has 0 amide bonds. The van der Waals surface area contributed by atoms with Crippen LogP contribution in [0, 0.1) is 28.4 Å². The van der Waals surface area contributed by atoms with E-state index in [1.54, 1.807) is 6.07 Å². The first-order valence-corrected chi connectivity index (χ1v) is 7.22. The van der Waals surface area contributed by atoms with Crippen LogP contribution in [0.15, 0.2) is 42.5 Å². The standard InChI is InChI=1S/C17H17N3O3/c1-13-4-2-5-16(10-13)23-9-3-8-19-17-7-6-15(20(21)22)11-14(17)12-18/h2,4-7,10-11,19H,3,8-9H2,1H3. The molecule has 0 heterocycles. The van der Waals surface area contributed by atoms with E-state index in [1.807, 2.05) is 37.3 Å². The van der Waals surface area contributed by atoms with E-state index in [0.29, 0.717) is 18.8 Å². The molecule has 0 radical (unpaired) electrons. The largest absolute Gasteiger partial charge is 0.494 e. The maximum Gasteiger partial charge on any atom is 0.270 e. The third-order valence-electron chi connectivity index (χ3n) is 3.23. The predicted octanol–water partition coefficient (Wildman–Crippen LogP) is 3.66. The molecule has 0 aliphatic heterocycles. The lowest BCUT2D eigenvalue weighted by molar-refractivity contribution is -0.384. The van der Waals surface area contributed by atoms with Crippen LogP contribution in [-0.4, -0.2) is 18.1 Å². The first-order chi connectivity index (χ1) is 11.1. The van der Waals surface area contributed by atoms with E-state index in [4.69, 9.17) is 10.00 Å². The lowest BCUT2D eigenvalue weighted by atomic mass is 10.1. The number of nitro groups is 1. The second kappa shape index (κ2) is 7.80. The van der Waals surface area contributed by atoms with Crippen molar-refractivity contribution in [3.8, 4) is 11.8 Å². The zero-order valence-corrected chi connectivity index (χ0v) is 12.8. The molecule has 0 saturated carbocycles. The van der Waals surface area contributed by atoms with Crippen molar-refractivity contribution in [2.75, 3.05) is 18.5 Å². The van der Waals surface area contributed by atoms with Gasteiger partial charge in [0.2, 0.25) is 0 Å². The number of anilines is 1. The van der Waals surface area contributed by atoms with E-state index in [0.717, 1.165) is 17.7 Å². The van der Waals surface area contributed by atoms with Gasteiger partial charge in [0.15, 0.2) is 0 Å². The number of rotatable bonds is 7. The monoisotopic (exact) mass is 311 g/mol. The van der Waals surface area contributed by atoms with Gasteiger partial charge < -0.3 is 10.1 Å². The van der Waals surface area contributed by atoms with Gasteiger partial charge in [-0.1, -0.05) is 12.1 Å². The molecule has 0 atom stereocenters. The number of nitrogens with one attached hydrogen (secondary N) is 1. The molecule has 0 fully saturated rings. The van der Waals surface area contributed by atoms with Crippen molar-refractivity contribution in [3.05, 3.63) is 63.7 Å². The second-order valence-electron chi connectivity index (χ2n) is 5.04. The number of ether oxygens (including phenoxy) is 1. The van der Waals surface area contributed by atoms with E-state index in [1.165, 1.54) is 12.1 Å². The summed E-state index contributed by atoms with van der Waals surface area (Å²) in [5.41, 5.74) is 1.91. The molecular weight excluding hydrogens is 294 g/mol. The Balaban J connectivity index is 1.82. The molecule has 6 nitrogen and oxygen atoms in total. The molecule has 0 bridgehead atoms. The molecule has 23 heavy (non-hydrogen) atoms. The quantitative estimate of drug-likeness (QED) is 0.479. The van der Waals surface area contributed by atoms with Crippen LogP contribution in [-0.2, 0) is 0 Å². The van der Waals surface area contributed by atoms with Crippen molar-refractivity contribution < 1.29 is 9.66 Å². The summed E-state index contributed by atoms with van der Waals surface area (Å²) < 4.78 is 5.64. The van der Waals surface area contributed by atoms with E-state index < -0.39 is 4.92 Å². The molecule has 2 rings (SSSR count). The van der Waals surface area contributed by atoms with Crippen LogP contribution >= 0.6 is 0 Å². The Morgan fingerprint density at radius 2 is 2.13 bits per heavy atom. The summed E-state index contributed by atoms with van der Waals surface area (Å²) in [6, 6.07) is 14.0. The van der Waals surface area contributed by atoms with Gasteiger partial charge >= 0.3 is 0 Å². The molecule has 0 aromatic heterocycles. The van der Waals surface area contributed by atoms with E-state index in [2.05, 4.69) is 5.32 Å². The Bertz CT molecular complexity index is 738. The highest BCUT2D eigenvalue weighted by Gasteiger charge is 2.10. The Kier molecular flexibility index (Phi) is 5.53. The van der Waals surface area contributed by atoms with E-state index in [9.17, 15) is 10.1 Å². The van der Waals surface area contributed by atoms with Gasteiger partial charge in [0, 0.05) is 18.7 Å². The second-order valence-corrected chi connectivity index (χ2v) is 5.04.